The molecule has 3 nitrogen and oxygen atoms in total. The van der Waals surface area contributed by atoms with E-state index in [0.29, 0.717) is 15.0 Å². The van der Waals surface area contributed by atoms with Gasteiger partial charge in [0.2, 0.25) is 5.88 Å². The molecule has 0 atom stereocenters. The third-order valence-electron chi connectivity index (χ3n) is 2.58. The maximum atomic E-state index is 10.0. The Morgan fingerprint density at radius 2 is 2.00 bits per heavy atom. The molecule has 2 N–H and O–H groups in total. The summed E-state index contributed by atoms with van der Waals surface area (Å²) in [4.78, 5) is 0. The van der Waals surface area contributed by atoms with Gasteiger partial charge in [0.05, 0.1) is 5.69 Å². The highest BCUT2D eigenvalue weighted by Crippen LogP contribution is 2.34. The van der Waals surface area contributed by atoms with Crippen LogP contribution in [0.15, 0.2) is 24.3 Å². The standard InChI is InChI=1S/C12H11ClINO2/c1-7-4-9(13)2-3-10(7)15-11(16)5-8(6-14)12(15)17/h2-5,16-17H,6H2,1H3. The number of aromatic hydroxyl groups is 2. The van der Waals surface area contributed by atoms with Crippen molar-refractivity contribution in [1.82, 2.24) is 4.57 Å². The summed E-state index contributed by atoms with van der Waals surface area (Å²) < 4.78 is 2.05. The molecule has 0 spiro atoms. The SMILES string of the molecule is Cc1cc(Cl)ccc1-n1c(O)cc(CI)c1O. The number of rotatable bonds is 2. The lowest BCUT2D eigenvalue weighted by atomic mass is 10.2. The minimum atomic E-state index is 0.0274. The van der Waals surface area contributed by atoms with Crippen molar-refractivity contribution < 1.29 is 10.2 Å². The van der Waals surface area contributed by atoms with Gasteiger partial charge in [0.25, 0.3) is 0 Å². The number of benzene rings is 1. The molecule has 0 amide bonds. The van der Waals surface area contributed by atoms with Gasteiger partial charge in [-0.15, -0.1) is 0 Å². The molecule has 0 bridgehead atoms. The highest BCUT2D eigenvalue weighted by molar-refractivity contribution is 14.1. The summed E-state index contributed by atoms with van der Waals surface area (Å²) in [6.07, 6.45) is 0. The first kappa shape index (κ1) is 12.6. The molecule has 1 heterocycles. The molecule has 17 heavy (non-hydrogen) atoms. The van der Waals surface area contributed by atoms with Gasteiger partial charge in [0, 0.05) is 21.1 Å². The van der Waals surface area contributed by atoms with Crippen LogP contribution in [0.3, 0.4) is 0 Å². The van der Waals surface area contributed by atoms with Gasteiger partial charge in [0.1, 0.15) is 0 Å². The molecule has 0 radical (unpaired) electrons. The summed E-state index contributed by atoms with van der Waals surface area (Å²) in [5, 5.41) is 20.5. The van der Waals surface area contributed by atoms with Crippen LogP contribution < -0.4 is 0 Å². The Labute approximate surface area is 118 Å². The summed E-state index contributed by atoms with van der Waals surface area (Å²) >= 11 is 8.02. The van der Waals surface area contributed by atoms with Crippen LogP contribution in [0.5, 0.6) is 11.8 Å². The maximum absolute atomic E-state index is 10.0. The largest absolute Gasteiger partial charge is 0.494 e. The molecule has 5 heteroatoms. The molecule has 0 aliphatic rings. The summed E-state index contributed by atoms with van der Waals surface area (Å²) in [6.45, 7) is 1.88. The van der Waals surface area contributed by atoms with Crippen molar-refractivity contribution in [1.29, 1.82) is 0 Å². The third kappa shape index (κ3) is 2.24. The van der Waals surface area contributed by atoms with Gasteiger partial charge in [0.15, 0.2) is 5.88 Å². The predicted octanol–water partition coefficient (Wildman–Crippen LogP) is 3.79. The highest BCUT2D eigenvalue weighted by atomic mass is 127. The monoisotopic (exact) mass is 363 g/mol. The van der Waals surface area contributed by atoms with Gasteiger partial charge in [-0.2, -0.15) is 0 Å². The van der Waals surface area contributed by atoms with Crippen molar-refractivity contribution >= 4 is 34.2 Å². The van der Waals surface area contributed by atoms with E-state index < -0.39 is 0 Å². The molecule has 1 aromatic heterocycles. The lowest BCUT2D eigenvalue weighted by molar-refractivity contribution is 0.401. The van der Waals surface area contributed by atoms with Crippen LogP contribution in [0.1, 0.15) is 11.1 Å². The minimum Gasteiger partial charge on any atom is -0.494 e. The second-order valence-corrected chi connectivity index (χ2v) is 4.95. The van der Waals surface area contributed by atoms with E-state index in [4.69, 9.17) is 11.6 Å². The minimum absolute atomic E-state index is 0.0274. The third-order valence-corrected chi connectivity index (χ3v) is 3.63. The number of hydrogen-bond donors (Lipinski definition) is 2. The van der Waals surface area contributed by atoms with Crippen molar-refractivity contribution in [2.45, 2.75) is 11.4 Å². The first-order valence-corrected chi connectivity index (χ1v) is 6.90. The Balaban J connectivity index is 2.64. The van der Waals surface area contributed by atoms with Crippen molar-refractivity contribution in [3.63, 3.8) is 0 Å². The van der Waals surface area contributed by atoms with E-state index in [0.717, 1.165) is 11.3 Å². The van der Waals surface area contributed by atoms with Crippen molar-refractivity contribution in [3.05, 3.63) is 40.4 Å². The van der Waals surface area contributed by atoms with Crippen LogP contribution >= 0.6 is 34.2 Å². The lowest BCUT2D eigenvalue weighted by Gasteiger charge is -2.10. The number of nitrogens with zero attached hydrogens (tertiary/aromatic N) is 1. The molecule has 0 aliphatic heterocycles. The normalized spacial score (nSPS) is 10.8. The van der Waals surface area contributed by atoms with Crippen LogP contribution in [-0.4, -0.2) is 14.8 Å². The number of alkyl halides is 1. The van der Waals surface area contributed by atoms with Crippen LogP contribution in [0.25, 0.3) is 5.69 Å². The van der Waals surface area contributed by atoms with E-state index in [1.807, 2.05) is 6.92 Å². The van der Waals surface area contributed by atoms with E-state index in [9.17, 15) is 10.2 Å². The first-order chi connectivity index (χ1) is 8.04. The van der Waals surface area contributed by atoms with E-state index in [-0.39, 0.29) is 11.8 Å². The van der Waals surface area contributed by atoms with Gasteiger partial charge in [-0.1, -0.05) is 34.2 Å². The number of hydrogen-bond acceptors (Lipinski definition) is 2. The fourth-order valence-corrected chi connectivity index (χ4v) is 2.53. The summed E-state index contributed by atoms with van der Waals surface area (Å²) in [5.74, 6) is 0.0990. The fourth-order valence-electron chi connectivity index (χ4n) is 1.74. The topological polar surface area (TPSA) is 45.4 Å². The quantitative estimate of drug-likeness (QED) is 0.630. The van der Waals surface area contributed by atoms with Gasteiger partial charge in [-0.25, -0.2) is 0 Å². The highest BCUT2D eigenvalue weighted by Gasteiger charge is 2.15. The maximum Gasteiger partial charge on any atom is 0.202 e. The molecule has 2 aromatic rings. The zero-order chi connectivity index (χ0) is 12.6. The molecule has 0 saturated carbocycles. The molecule has 1 aromatic carbocycles. The van der Waals surface area contributed by atoms with Crippen LogP contribution in [-0.2, 0) is 4.43 Å². The second kappa shape index (κ2) is 4.78. The summed E-state index contributed by atoms with van der Waals surface area (Å²) in [6, 6.07) is 6.86. The van der Waals surface area contributed by atoms with E-state index >= 15 is 0 Å². The van der Waals surface area contributed by atoms with Gasteiger partial charge in [-0.3, -0.25) is 4.57 Å². The lowest BCUT2D eigenvalue weighted by Crippen LogP contribution is -1.96. The average Bonchev–Trinajstić information content (AvgIpc) is 2.55. The molecule has 90 valence electrons. The zero-order valence-corrected chi connectivity index (χ0v) is 12.0. The Kier molecular flexibility index (Phi) is 3.53. The van der Waals surface area contributed by atoms with Crippen LogP contribution in [0.4, 0.5) is 0 Å². The average molecular weight is 364 g/mol. The molecule has 2 rings (SSSR count). The van der Waals surface area contributed by atoms with Crippen molar-refractivity contribution in [3.8, 4) is 17.4 Å². The fraction of sp³-hybridized carbons (Fsp3) is 0.167. The van der Waals surface area contributed by atoms with Crippen molar-refractivity contribution in [2.24, 2.45) is 0 Å². The Morgan fingerprint density at radius 3 is 2.53 bits per heavy atom. The van der Waals surface area contributed by atoms with E-state index in [1.54, 1.807) is 24.3 Å². The van der Waals surface area contributed by atoms with Crippen LogP contribution in [0, 0.1) is 6.92 Å². The first-order valence-electron chi connectivity index (χ1n) is 4.99. The van der Waals surface area contributed by atoms with Crippen LogP contribution in [0.2, 0.25) is 5.02 Å². The second-order valence-electron chi connectivity index (χ2n) is 3.75. The molecule has 0 unspecified atom stereocenters. The van der Waals surface area contributed by atoms with Gasteiger partial charge in [-0.05, 0) is 30.7 Å². The van der Waals surface area contributed by atoms with E-state index in [1.165, 1.54) is 4.57 Å². The number of aryl methyl sites for hydroxylation is 1. The summed E-state index contributed by atoms with van der Waals surface area (Å²) in [7, 11) is 0. The van der Waals surface area contributed by atoms with E-state index in [2.05, 4.69) is 22.6 Å². The molecular weight excluding hydrogens is 352 g/mol. The number of halogens is 2. The predicted molar refractivity (Wildman–Crippen MR) is 76.6 cm³/mol. The Bertz CT molecular complexity index is 566. The molecule has 0 saturated heterocycles. The smallest absolute Gasteiger partial charge is 0.202 e. The summed E-state index contributed by atoms with van der Waals surface area (Å²) in [5.41, 5.74) is 2.32. The number of aromatic nitrogens is 1. The molecular formula is C12H11ClINO2. The zero-order valence-electron chi connectivity index (χ0n) is 9.11. The Morgan fingerprint density at radius 1 is 1.29 bits per heavy atom. The molecule has 0 aliphatic carbocycles. The van der Waals surface area contributed by atoms with Gasteiger partial charge >= 0.3 is 0 Å². The Hall–Kier alpha value is -0.880. The molecule has 0 fully saturated rings. The van der Waals surface area contributed by atoms with Gasteiger partial charge < -0.3 is 10.2 Å². The van der Waals surface area contributed by atoms with Crippen molar-refractivity contribution in [2.75, 3.05) is 0 Å².